The van der Waals surface area contributed by atoms with Crippen molar-refractivity contribution in [2.75, 3.05) is 20.2 Å². The molecule has 5 rings (SSSR count). The van der Waals surface area contributed by atoms with Gasteiger partial charge in [0.05, 0.1) is 7.11 Å². The van der Waals surface area contributed by atoms with Crippen LogP contribution in [-0.4, -0.2) is 29.7 Å². The predicted molar refractivity (Wildman–Crippen MR) is 106 cm³/mol. The van der Waals surface area contributed by atoms with Gasteiger partial charge in [-0.2, -0.15) is 0 Å². The molecule has 4 heterocycles. The lowest BCUT2D eigenvalue weighted by molar-refractivity contribution is 0.114. The molecule has 6 heteroatoms. The molecule has 0 unspecified atom stereocenters. The number of hydrogen-bond acceptors (Lipinski definition) is 5. The van der Waals surface area contributed by atoms with Gasteiger partial charge in [-0.1, -0.05) is 6.07 Å². The first kappa shape index (κ1) is 17.3. The second-order valence-electron chi connectivity index (χ2n) is 7.84. The van der Waals surface area contributed by atoms with E-state index >= 15 is 0 Å². The Kier molecular flexibility index (Phi) is 4.09. The van der Waals surface area contributed by atoms with Crippen LogP contribution in [0.15, 0.2) is 56.5 Å². The van der Waals surface area contributed by atoms with Gasteiger partial charge in [-0.05, 0) is 42.2 Å². The van der Waals surface area contributed by atoms with Crippen LogP contribution in [0.5, 0.6) is 5.75 Å². The number of aromatic nitrogens is 1. The summed E-state index contributed by atoms with van der Waals surface area (Å²) in [6.45, 7) is 3.25. The van der Waals surface area contributed by atoms with Crippen LogP contribution in [-0.2, 0) is 13.1 Å². The molecule has 28 heavy (non-hydrogen) atoms. The highest BCUT2D eigenvalue weighted by Crippen LogP contribution is 2.36. The first-order valence-electron chi connectivity index (χ1n) is 9.63. The molecule has 0 saturated carbocycles. The van der Waals surface area contributed by atoms with Crippen molar-refractivity contribution in [2.45, 2.75) is 25.4 Å². The number of ether oxygens (including phenoxy) is 1. The lowest BCUT2D eigenvalue weighted by Gasteiger charge is -2.42. The van der Waals surface area contributed by atoms with E-state index in [-0.39, 0.29) is 11.2 Å². The summed E-state index contributed by atoms with van der Waals surface area (Å²) in [4.78, 5) is 26.6. The quantitative estimate of drug-likeness (QED) is 0.656. The van der Waals surface area contributed by atoms with Gasteiger partial charge in [-0.25, -0.2) is 4.79 Å². The maximum atomic E-state index is 12.2. The van der Waals surface area contributed by atoms with Gasteiger partial charge in [0.25, 0.3) is 5.56 Å². The minimum absolute atomic E-state index is 0.0967. The van der Waals surface area contributed by atoms with E-state index in [0.29, 0.717) is 24.0 Å². The fourth-order valence-corrected chi connectivity index (χ4v) is 4.83. The molecule has 6 nitrogen and oxygen atoms in total. The molecule has 0 N–H and O–H groups in total. The zero-order chi connectivity index (χ0) is 19.3. The van der Waals surface area contributed by atoms with Crippen LogP contribution in [0.2, 0.25) is 0 Å². The SMILES string of the molecule is COc1ccc2oc(=O)cc(CN3C[C@@H]4C[C@H](C3)c3cccc(=O)n3C4)c2c1. The molecule has 1 fully saturated rings. The average Bonchev–Trinajstić information content (AvgIpc) is 2.68. The normalized spacial score (nSPS) is 21.5. The topological polar surface area (TPSA) is 64.7 Å². The molecule has 2 aliphatic heterocycles. The van der Waals surface area contributed by atoms with E-state index in [9.17, 15) is 9.59 Å². The monoisotopic (exact) mass is 378 g/mol. The molecule has 2 bridgehead atoms. The number of nitrogens with zero attached hydrogens (tertiary/aromatic N) is 2. The Morgan fingerprint density at radius 2 is 2.00 bits per heavy atom. The van der Waals surface area contributed by atoms with Crippen molar-refractivity contribution >= 4 is 11.0 Å². The van der Waals surface area contributed by atoms with E-state index in [1.54, 1.807) is 31.4 Å². The molecule has 0 aliphatic carbocycles. The Morgan fingerprint density at radius 1 is 1.11 bits per heavy atom. The molecule has 1 aromatic carbocycles. The summed E-state index contributed by atoms with van der Waals surface area (Å²) in [5, 5.41) is 0.909. The molecular formula is C22H22N2O4. The average molecular weight is 378 g/mol. The third kappa shape index (κ3) is 2.94. The summed E-state index contributed by atoms with van der Waals surface area (Å²) in [5.41, 5.74) is 2.43. The van der Waals surface area contributed by atoms with Crippen molar-refractivity contribution in [3.05, 3.63) is 74.5 Å². The van der Waals surface area contributed by atoms with Crippen molar-refractivity contribution in [1.29, 1.82) is 0 Å². The molecule has 2 atom stereocenters. The van der Waals surface area contributed by atoms with Gasteiger partial charge in [0.1, 0.15) is 11.3 Å². The van der Waals surface area contributed by atoms with Gasteiger partial charge in [0.15, 0.2) is 0 Å². The number of benzene rings is 1. The zero-order valence-corrected chi connectivity index (χ0v) is 15.8. The molecule has 2 aromatic heterocycles. The minimum atomic E-state index is -0.332. The first-order valence-corrected chi connectivity index (χ1v) is 9.63. The smallest absolute Gasteiger partial charge is 0.336 e. The Hall–Kier alpha value is -2.86. The zero-order valence-electron chi connectivity index (χ0n) is 15.8. The summed E-state index contributed by atoms with van der Waals surface area (Å²) in [7, 11) is 1.63. The van der Waals surface area contributed by atoms with Gasteiger partial charge in [0.2, 0.25) is 0 Å². The van der Waals surface area contributed by atoms with Crippen molar-refractivity contribution in [1.82, 2.24) is 9.47 Å². The number of rotatable bonds is 3. The third-order valence-corrected chi connectivity index (χ3v) is 5.98. The van der Waals surface area contributed by atoms with Crippen LogP contribution in [0.25, 0.3) is 11.0 Å². The highest BCUT2D eigenvalue weighted by atomic mass is 16.5. The van der Waals surface area contributed by atoms with E-state index in [1.165, 1.54) is 0 Å². The Labute approximate surface area is 162 Å². The molecule has 3 aromatic rings. The number of pyridine rings is 1. The van der Waals surface area contributed by atoms with Crippen molar-refractivity contribution in [3.8, 4) is 5.75 Å². The van der Waals surface area contributed by atoms with Crippen LogP contribution >= 0.6 is 0 Å². The Morgan fingerprint density at radius 3 is 2.86 bits per heavy atom. The highest BCUT2D eigenvalue weighted by molar-refractivity contribution is 5.81. The fourth-order valence-electron chi connectivity index (χ4n) is 4.83. The number of likely N-dealkylation sites (tertiary alicyclic amines) is 1. The van der Waals surface area contributed by atoms with Gasteiger partial charge >= 0.3 is 5.63 Å². The van der Waals surface area contributed by atoms with Crippen LogP contribution in [0, 0.1) is 5.92 Å². The Balaban J connectivity index is 1.48. The van der Waals surface area contributed by atoms with E-state index in [1.807, 2.05) is 16.7 Å². The maximum absolute atomic E-state index is 12.2. The summed E-state index contributed by atoms with van der Waals surface area (Å²) in [5.74, 6) is 1.54. The number of fused-ring (bicyclic) bond motifs is 5. The minimum Gasteiger partial charge on any atom is -0.497 e. The van der Waals surface area contributed by atoms with Gasteiger partial charge < -0.3 is 13.7 Å². The molecule has 0 spiro atoms. The van der Waals surface area contributed by atoms with E-state index in [4.69, 9.17) is 9.15 Å². The second kappa shape index (κ2) is 6.63. The number of piperidine rings is 1. The largest absolute Gasteiger partial charge is 0.497 e. The summed E-state index contributed by atoms with van der Waals surface area (Å²) >= 11 is 0. The predicted octanol–water partition coefficient (Wildman–Crippen LogP) is 2.58. The molecular weight excluding hydrogens is 356 g/mol. The van der Waals surface area contributed by atoms with Gasteiger partial charge in [0, 0.05) is 55.3 Å². The maximum Gasteiger partial charge on any atom is 0.336 e. The molecule has 2 aliphatic rings. The van der Waals surface area contributed by atoms with Crippen molar-refractivity contribution in [2.24, 2.45) is 5.92 Å². The summed E-state index contributed by atoms with van der Waals surface area (Å²) in [6.07, 6.45) is 1.12. The molecule has 0 radical (unpaired) electrons. The van der Waals surface area contributed by atoms with Crippen LogP contribution in [0.4, 0.5) is 0 Å². The van der Waals surface area contributed by atoms with Crippen LogP contribution < -0.4 is 15.9 Å². The Bertz CT molecular complexity index is 1160. The van der Waals surface area contributed by atoms with Gasteiger partial charge in [-0.3, -0.25) is 9.69 Å². The van der Waals surface area contributed by atoms with E-state index in [2.05, 4.69) is 11.0 Å². The van der Waals surface area contributed by atoms with Gasteiger partial charge in [-0.15, -0.1) is 0 Å². The lowest BCUT2D eigenvalue weighted by Crippen LogP contribution is -2.46. The molecule has 144 valence electrons. The van der Waals surface area contributed by atoms with Crippen LogP contribution in [0.3, 0.4) is 0 Å². The van der Waals surface area contributed by atoms with Crippen molar-refractivity contribution in [3.63, 3.8) is 0 Å². The number of methoxy groups -OCH3 is 1. The second-order valence-corrected chi connectivity index (χ2v) is 7.84. The summed E-state index contributed by atoms with van der Waals surface area (Å²) < 4.78 is 12.6. The van der Waals surface area contributed by atoms with E-state index in [0.717, 1.165) is 48.4 Å². The molecule has 0 amide bonds. The summed E-state index contributed by atoms with van der Waals surface area (Å²) in [6, 6.07) is 12.7. The first-order chi connectivity index (χ1) is 13.6. The van der Waals surface area contributed by atoms with E-state index < -0.39 is 0 Å². The van der Waals surface area contributed by atoms with Crippen LogP contribution in [0.1, 0.15) is 23.6 Å². The standard InChI is InChI=1S/C22H22N2O4/c1-27-17-5-6-20-18(9-17)15(8-22(26)28-20)12-23-10-14-7-16(13-23)19-3-2-4-21(25)24(19)11-14/h2-6,8-9,14,16H,7,10-13H2,1H3/t14-,16+/m0/s1. The highest BCUT2D eigenvalue weighted by Gasteiger charge is 2.34. The molecule has 1 saturated heterocycles. The third-order valence-electron chi connectivity index (χ3n) is 5.98. The number of hydrogen-bond donors (Lipinski definition) is 0. The van der Waals surface area contributed by atoms with Crippen molar-refractivity contribution < 1.29 is 9.15 Å². The lowest BCUT2D eigenvalue weighted by atomic mass is 9.83. The fraction of sp³-hybridized carbons (Fsp3) is 0.364.